The van der Waals surface area contributed by atoms with Crippen LogP contribution in [0.5, 0.6) is 0 Å². The molecule has 128 valence electrons. The maximum Gasteiger partial charge on any atom is 0.270 e. The van der Waals surface area contributed by atoms with Crippen molar-refractivity contribution in [2.75, 3.05) is 19.6 Å². The van der Waals surface area contributed by atoms with Gasteiger partial charge in [0.1, 0.15) is 10.7 Å². The summed E-state index contributed by atoms with van der Waals surface area (Å²) < 4.78 is 1.81. The highest BCUT2D eigenvalue weighted by Gasteiger charge is 2.17. The van der Waals surface area contributed by atoms with Gasteiger partial charge in [-0.05, 0) is 37.6 Å². The van der Waals surface area contributed by atoms with E-state index in [2.05, 4.69) is 20.7 Å². The van der Waals surface area contributed by atoms with Gasteiger partial charge in [-0.3, -0.25) is 4.79 Å². The van der Waals surface area contributed by atoms with Crippen molar-refractivity contribution in [3.63, 3.8) is 0 Å². The Morgan fingerprint density at radius 1 is 1.36 bits per heavy atom. The van der Waals surface area contributed by atoms with Gasteiger partial charge in [-0.1, -0.05) is 18.2 Å². The first kappa shape index (κ1) is 16.0. The van der Waals surface area contributed by atoms with Gasteiger partial charge in [-0.15, -0.1) is 11.3 Å². The summed E-state index contributed by atoms with van der Waals surface area (Å²) in [6, 6.07) is 9.91. The third-order valence-electron chi connectivity index (χ3n) is 4.30. The number of nitrogens with one attached hydrogen (secondary N) is 2. The molecule has 1 amide bonds. The van der Waals surface area contributed by atoms with Crippen molar-refractivity contribution in [1.29, 1.82) is 0 Å². The van der Waals surface area contributed by atoms with Gasteiger partial charge in [0.05, 0.1) is 11.9 Å². The van der Waals surface area contributed by atoms with Gasteiger partial charge >= 0.3 is 0 Å². The predicted octanol–water partition coefficient (Wildman–Crippen LogP) is 2.34. The first-order valence-corrected chi connectivity index (χ1v) is 9.22. The van der Waals surface area contributed by atoms with Crippen molar-refractivity contribution in [3.8, 4) is 16.3 Å². The zero-order valence-corrected chi connectivity index (χ0v) is 14.5. The molecule has 3 aromatic rings. The lowest BCUT2D eigenvalue weighted by molar-refractivity contribution is 0.0944. The summed E-state index contributed by atoms with van der Waals surface area (Å²) in [5.74, 6) is 0.413. The zero-order valence-electron chi connectivity index (χ0n) is 13.7. The molecule has 0 saturated carbocycles. The molecule has 4 rings (SSSR count). The van der Waals surface area contributed by atoms with Crippen LogP contribution in [0.4, 0.5) is 0 Å². The minimum Gasteiger partial charge on any atom is -0.350 e. The largest absolute Gasteiger partial charge is 0.350 e. The van der Waals surface area contributed by atoms with Gasteiger partial charge < -0.3 is 10.6 Å². The van der Waals surface area contributed by atoms with E-state index >= 15 is 0 Å². The molecular formula is C18H19N5OS. The Hall–Kier alpha value is -2.51. The number of benzene rings is 1. The topological polar surface area (TPSA) is 71.8 Å². The van der Waals surface area contributed by atoms with Crippen molar-refractivity contribution in [2.45, 2.75) is 6.42 Å². The van der Waals surface area contributed by atoms with E-state index < -0.39 is 0 Å². The molecule has 1 aromatic carbocycles. The lowest BCUT2D eigenvalue weighted by Gasteiger charge is -2.08. The summed E-state index contributed by atoms with van der Waals surface area (Å²) in [7, 11) is 0. The van der Waals surface area contributed by atoms with E-state index in [0.717, 1.165) is 35.8 Å². The third kappa shape index (κ3) is 3.62. The fourth-order valence-electron chi connectivity index (χ4n) is 2.88. The van der Waals surface area contributed by atoms with Gasteiger partial charge in [-0.25, -0.2) is 9.67 Å². The molecule has 0 radical (unpaired) electrons. The molecule has 1 aliphatic heterocycles. The Kier molecular flexibility index (Phi) is 4.58. The number of hydrogen-bond donors (Lipinski definition) is 2. The van der Waals surface area contributed by atoms with Crippen LogP contribution in [-0.4, -0.2) is 40.3 Å². The fraction of sp³-hybridized carbons (Fsp3) is 0.278. The zero-order chi connectivity index (χ0) is 17.1. The van der Waals surface area contributed by atoms with Gasteiger partial charge in [0, 0.05) is 23.7 Å². The number of hydrogen-bond acceptors (Lipinski definition) is 5. The normalized spacial score (nSPS) is 16.9. The second-order valence-electron chi connectivity index (χ2n) is 6.12. The molecule has 1 atom stereocenters. The second-order valence-corrected chi connectivity index (χ2v) is 6.97. The molecule has 0 unspecified atom stereocenters. The molecule has 7 heteroatoms. The van der Waals surface area contributed by atoms with Crippen LogP contribution in [0.1, 0.15) is 16.9 Å². The number of carbonyl (C=O) groups excluding carboxylic acids is 1. The average Bonchev–Trinajstić information content (AvgIpc) is 3.41. The van der Waals surface area contributed by atoms with Crippen molar-refractivity contribution < 1.29 is 4.79 Å². The Balaban J connectivity index is 1.44. The maximum absolute atomic E-state index is 12.3. The van der Waals surface area contributed by atoms with Crippen LogP contribution in [-0.2, 0) is 0 Å². The van der Waals surface area contributed by atoms with Gasteiger partial charge in [0.2, 0.25) is 0 Å². The summed E-state index contributed by atoms with van der Waals surface area (Å²) >= 11 is 1.46. The number of amides is 1. The van der Waals surface area contributed by atoms with Crippen LogP contribution >= 0.6 is 11.3 Å². The Morgan fingerprint density at radius 3 is 3.04 bits per heavy atom. The molecule has 3 heterocycles. The summed E-state index contributed by atoms with van der Waals surface area (Å²) in [6.07, 6.45) is 4.82. The summed E-state index contributed by atoms with van der Waals surface area (Å²) in [4.78, 5) is 16.7. The highest BCUT2D eigenvalue weighted by Crippen LogP contribution is 2.24. The van der Waals surface area contributed by atoms with Gasteiger partial charge in [-0.2, -0.15) is 5.10 Å². The van der Waals surface area contributed by atoms with E-state index in [1.807, 2.05) is 41.2 Å². The SMILES string of the molecule is O=C(NC[C@H]1CCNC1)c1csc(-c2cnn(-c3ccccc3)c2)n1. The van der Waals surface area contributed by atoms with E-state index in [-0.39, 0.29) is 5.91 Å². The summed E-state index contributed by atoms with van der Waals surface area (Å²) in [6.45, 7) is 2.71. The van der Waals surface area contributed by atoms with Crippen LogP contribution in [0.2, 0.25) is 0 Å². The van der Waals surface area contributed by atoms with Crippen LogP contribution in [0.15, 0.2) is 48.1 Å². The fourth-order valence-corrected chi connectivity index (χ4v) is 3.66. The molecule has 0 spiro atoms. The van der Waals surface area contributed by atoms with E-state index in [1.165, 1.54) is 11.3 Å². The number of nitrogens with zero attached hydrogens (tertiary/aromatic N) is 3. The quantitative estimate of drug-likeness (QED) is 0.738. The monoisotopic (exact) mass is 353 g/mol. The van der Waals surface area contributed by atoms with E-state index in [9.17, 15) is 4.79 Å². The van der Waals surface area contributed by atoms with Crippen molar-refractivity contribution in [3.05, 3.63) is 53.8 Å². The molecule has 1 saturated heterocycles. The Bertz CT molecular complexity index is 851. The van der Waals surface area contributed by atoms with Crippen molar-refractivity contribution in [1.82, 2.24) is 25.4 Å². The predicted molar refractivity (Wildman–Crippen MR) is 98.0 cm³/mol. The summed E-state index contributed by atoms with van der Waals surface area (Å²) in [5.41, 5.74) is 2.37. The summed E-state index contributed by atoms with van der Waals surface area (Å²) in [5, 5.41) is 13.3. The smallest absolute Gasteiger partial charge is 0.270 e. The molecule has 1 fully saturated rings. The molecule has 0 aliphatic carbocycles. The molecule has 1 aliphatic rings. The molecule has 2 aromatic heterocycles. The van der Waals surface area contributed by atoms with Crippen LogP contribution in [0, 0.1) is 5.92 Å². The lowest BCUT2D eigenvalue weighted by atomic mass is 10.1. The number of thiazole rings is 1. The van der Waals surface area contributed by atoms with Gasteiger partial charge in [0.15, 0.2) is 0 Å². The lowest BCUT2D eigenvalue weighted by Crippen LogP contribution is -2.30. The first-order chi connectivity index (χ1) is 12.3. The van der Waals surface area contributed by atoms with E-state index in [0.29, 0.717) is 18.2 Å². The molecule has 25 heavy (non-hydrogen) atoms. The minimum absolute atomic E-state index is 0.107. The molecule has 0 bridgehead atoms. The second kappa shape index (κ2) is 7.16. The van der Waals surface area contributed by atoms with Crippen molar-refractivity contribution >= 4 is 17.2 Å². The van der Waals surface area contributed by atoms with E-state index in [4.69, 9.17) is 0 Å². The number of para-hydroxylation sites is 1. The van der Waals surface area contributed by atoms with Crippen LogP contribution in [0.25, 0.3) is 16.3 Å². The average molecular weight is 353 g/mol. The molecule has 6 nitrogen and oxygen atoms in total. The Labute approximate surface area is 149 Å². The Morgan fingerprint density at radius 2 is 2.24 bits per heavy atom. The van der Waals surface area contributed by atoms with Gasteiger partial charge in [0.25, 0.3) is 5.91 Å². The van der Waals surface area contributed by atoms with Crippen LogP contribution in [0.3, 0.4) is 0 Å². The third-order valence-corrected chi connectivity index (χ3v) is 5.19. The minimum atomic E-state index is -0.107. The number of carbonyl (C=O) groups is 1. The standard InChI is InChI=1S/C18H19N5OS/c24-17(20-9-13-6-7-19-8-13)16-12-25-18(22-16)14-10-21-23(11-14)15-4-2-1-3-5-15/h1-5,10-13,19H,6-9H2,(H,20,24)/t13-/m0/s1. The number of aromatic nitrogens is 3. The van der Waals surface area contributed by atoms with Crippen molar-refractivity contribution in [2.24, 2.45) is 5.92 Å². The highest BCUT2D eigenvalue weighted by molar-refractivity contribution is 7.13. The first-order valence-electron chi connectivity index (χ1n) is 8.34. The van der Waals surface area contributed by atoms with Crippen LogP contribution < -0.4 is 10.6 Å². The molecular weight excluding hydrogens is 334 g/mol. The van der Waals surface area contributed by atoms with E-state index in [1.54, 1.807) is 11.6 Å². The number of rotatable bonds is 5. The maximum atomic E-state index is 12.3. The highest BCUT2D eigenvalue weighted by atomic mass is 32.1. The molecule has 2 N–H and O–H groups in total.